The van der Waals surface area contributed by atoms with E-state index in [0.717, 1.165) is 12.2 Å². The van der Waals surface area contributed by atoms with Crippen molar-refractivity contribution in [3.8, 4) is 0 Å². The molecule has 0 amide bonds. The third-order valence-electron chi connectivity index (χ3n) is 3.12. The van der Waals surface area contributed by atoms with Crippen LogP contribution < -0.4 is 0 Å². The maximum absolute atomic E-state index is 10.3. The van der Waals surface area contributed by atoms with Crippen LogP contribution in [0.2, 0.25) is 0 Å². The van der Waals surface area contributed by atoms with E-state index in [1.807, 2.05) is 11.8 Å². The van der Waals surface area contributed by atoms with Gasteiger partial charge in [0.2, 0.25) is 0 Å². The van der Waals surface area contributed by atoms with E-state index in [4.69, 9.17) is 0 Å². The zero-order valence-corrected chi connectivity index (χ0v) is 10.4. The van der Waals surface area contributed by atoms with E-state index < -0.39 is 0 Å². The molecule has 1 aliphatic rings. The summed E-state index contributed by atoms with van der Waals surface area (Å²) in [6, 6.07) is 4.38. The maximum atomic E-state index is 10.3. The number of thioether (sulfide) groups is 1. The Balaban J connectivity index is 2.47. The van der Waals surface area contributed by atoms with E-state index in [1.165, 1.54) is 22.3 Å². The van der Waals surface area contributed by atoms with Crippen LogP contribution >= 0.6 is 11.8 Å². The molecule has 0 saturated heterocycles. The molecule has 0 aliphatic carbocycles. The lowest BCUT2D eigenvalue weighted by Crippen LogP contribution is -2.21. The molecule has 2 heteroatoms. The lowest BCUT2D eigenvalue weighted by Gasteiger charge is -2.30. The van der Waals surface area contributed by atoms with E-state index in [0.29, 0.717) is 5.25 Å². The quantitative estimate of drug-likeness (QED) is 0.786. The molecule has 2 rings (SSSR count). The van der Waals surface area contributed by atoms with E-state index in [-0.39, 0.29) is 6.10 Å². The highest BCUT2D eigenvalue weighted by molar-refractivity contribution is 7.99. The van der Waals surface area contributed by atoms with Gasteiger partial charge in [0.25, 0.3) is 0 Å². The Morgan fingerprint density at radius 1 is 1.40 bits per heavy atom. The van der Waals surface area contributed by atoms with Gasteiger partial charge in [-0.1, -0.05) is 24.6 Å². The zero-order chi connectivity index (χ0) is 11.0. The Bertz CT molecular complexity index is 373. The molecule has 0 fully saturated rings. The van der Waals surface area contributed by atoms with Gasteiger partial charge in [0.1, 0.15) is 0 Å². The first-order valence-corrected chi connectivity index (χ1v) is 6.58. The highest BCUT2D eigenvalue weighted by atomic mass is 32.2. The first kappa shape index (κ1) is 11.0. The first-order valence-electron chi connectivity index (χ1n) is 5.53. The number of fused-ring (bicyclic) bond motifs is 1. The van der Waals surface area contributed by atoms with Crippen LogP contribution in [0, 0.1) is 13.8 Å². The number of hydrogen-bond donors (Lipinski definition) is 1. The minimum Gasteiger partial charge on any atom is -0.387 e. The first-order chi connectivity index (χ1) is 7.13. The third-order valence-corrected chi connectivity index (χ3v) is 4.62. The second kappa shape index (κ2) is 4.18. The van der Waals surface area contributed by atoms with Crippen molar-refractivity contribution in [1.29, 1.82) is 0 Å². The molecule has 1 aromatic rings. The monoisotopic (exact) mass is 222 g/mol. The number of aryl methyl sites for hydroxylation is 2. The van der Waals surface area contributed by atoms with Gasteiger partial charge in [-0.3, -0.25) is 0 Å². The summed E-state index contributed by atoms with van der Waals surface area (Å²) in [5, 5.41) is 10.6. The predicted molar refractivity (Wildman–Crippen MR) is 66.2 cm³/mol. The number of benzene rings is 1. The molecular weight excluding hydrogens is 204 g/mol. The molecule has 0 spiro atoms. The molecule has 1 N–H and O–H groups in total. The van der Waals surface area contributed by atoms with Crippen molar-refractivity contribution < 1.29 is 5.11 Å². The molecule has 0 bridgehead atoms. The summed E-state index contributed by atoms with van der Waals surface area (Å²) in [5.41, 5.74) is 5.06. The fourth-order valence-electron chi connectivity index (χ4n) is 2.42. The smallest absolute Gasteiger partial charge is 0.0914 e. The van der Waals surface area contributed by atoms with Crippen molar-refractivity contribution in [2.75, 3.05) is 0 Å². The number of rotatable bonds is 1. The molecule has 2 unspecified atom stereocenters. The van der Waals surface area contributed by atoms with Crippen molar-refractivity contribution in [2.45, 2.75) is 44.3 Å². The third kappa shape index (κ3) is 1.93. The molecule has 2 atom stereocenters. The fraction of sp³-hybridized carbons (Fsp3) is 0.538. The summed E-state index contributed by atoms with van der Waals surface area (Å²) in [5.74, 6) is 1.05. The molecule has 0 aromatic heterocycles. The van der Waals surface area contributed by atoms with Crippen LogP contribution in [0.25, 0.3) is 0 Å². The average Bonchev–Trinajstić information content (AvgIpc) is 2.17. The number of aliphatic hydroxyl groups is 1. The number of hydrogen-bond acceptors (Lipinski definition) is 2. The van der Waals surface area contributed by atoms with Gasteiger partial charge in [0.15, 0.2) is 0 Å². The van der Waals surface area contributed by atoms with Crippen LogP contribution in [0.5, 0.6) is 0 Å². The Labute approximate surface area is 95.9 Å². The van der Waals surface area contributed by atoms with Gasteiger partial charge in [-0.25, -0.2) is 0 Å². The maximum Gasteiger partial charge on any atom is 0.0914 e. The van der Waals surface area contributed by atoms with Gasteiger partial charge in [-0.2, -0.15) is 11.8 Å². The summed E-state index contributed by atoms with van der Waals surface area (Å²) in [6.07, 6.45) is 0.767. The minimum absolute atomic E-state index is 0.274. The summed E-state index contributed by atoms with van der Waals surface area (Å²) in [6.45, 7) is 6.38. The Kier molecular flexibility index (Phi) is 3.08. The van der Waals surface area contributed by atoms with Gasteiger partial charge in [-0.05, 0) is 37.0 Å². The molecule has 1 aliphatic heterocycles. The molecule has 1 heterocycles. The summed E-state index contributed by atoms with van der Waals surface area (Å²) in [7, 11) is 0. The highest BCUT2D eigenvalue weighted by Gasteiger charge is 2.28. The topological polar surface area (TPSA) is 20.2 Å². The van der Waals surface area contributed by atoms with Crippen molar-refractivity contribution in [3.05, 3.63) is 34.4 Å². The second-order valence-corrected chi connectivity index (χ2v) is 5.58. The van der Waals surface area contributed by atoms with E-state index >= 15 is 0 Å². The Morgan fingerprint density at radius 3 is 2.80 bits per heavy atom. The van der Waals surface area contributed by atoms with E-state index in [1.54, 1.807) is 0 Å². The van der Waals surface area contributed by atoms with Crippen LogP contribution in [0.4, 0.5) is 0 Å². The molecule has 1 aromatic carbocycles. The second-order valence-electron chi connectivity index (χ2n) is 4.36. The highest BCUT2D eigenvalue weighted by Crippen LogP contribution is 2.40. The van der Waals surface area contributed by atoms with Gasteiger partial charge in [0, 0.05) is 11.0 Å². The van der Waals surface area contributed by atoms with Crippen LogP contribution in [0.1, 0.15) is 41.7 Å². The van der Waals surface area contributed by atoms with E-state index in [2.05, 4.69) is 32.9 Å². The van der Waals surface area contributed by atoms with Crippen LogP contribution in [-0.4, -0.2) is 10.4 Å². The summed E-state index contributed by atoms with van der Waals surface area (Å²) >= 11 is 1.88. The fourth-order valence-corrected chi connectivity index (χ4v) is 3.61. The minimum atomic E-state index is -0.274. The molecule has 82 valence electrons. The summed E-state index contributed by atoms with van der Waals surface area (Å²) in [4.78, 5) is 0. The van der Waals surface area contributed by atoms with E-state index in [9.17, 15) is 5.11 Å². The van der Waals surface area contributed by atoms with Gasteiger partial charge < -0.3 is 5.11 Å². The zero-order valence-electron chi connectivity index (χ0n) is 9.58. The largest absolute Gasteiger partial charge is 0.387 e. The van der Waals surface area contributed by atoms with Crippen molar-refractivity contribution in [2.24, 2.45) is 0 Å². The van der Waals surface area contributed by atoms with Gasteiger partial charge >= 0.3 is 0 Å². The molecule has 0 saturated carbocycles. The van der Waals surface area contributed by atoms with Gasteiger partial charge in [-0.15, -0.1) is 0 Å². The molecule has 1 nitrogen and oxygen atoms in total. The Hall–Kier alpha value is -0.470. The van der Waals surface area contributed by atoms with Crippen molar-refractivity contribution in [1.82, 2.24) is 0 Å². The lowest BCUT2D eigenvalue weighted by molar-refractivity contribution is 0.169. The SMILES string of the molecule is CCC1SCc2cc(C)cc(C)c2C1O. The van der Waals surface area contributed by atoms with Crippen LogP contribution in [-0.2, 0) is 5.75 Å². The summed E-state index contributed by atoms with van der Waals surface area (Å²) < 4.78 is 0. The van der Waals surface area contributed by atoms with Crippen molar-refractivity contribution >= 4 is 11.8 Å². The predicted octanol–water partition coefficient (Wildman–Crippen LogP) is 3.36. The average molecular weight is 222 g/mol. The standard InChI is InChI=1S/C13H18OS/c1-4-11-13(14)12-9(3)5-8(2)6-10(12)7-15-11/h5-6,11,13-14H,4,7H2,1-3H3. The Morgan fingerprint density at radius 2 is 2.13 bits per heavy atom. The molecule has 0 radical (unpaired) electrons. The van der Waals surface area contributed by atoms with Crippen LogP contribution in [0.3, 0.4) is 0 Å². The van der Waals surface area contributed by atoms with Gasteiger partial charge in [0.05, 0.1) is 6.10 Å². The molecular formula is C13H18OS. The van der Waals surface area contributed by atoms with Crippen molar-refractivity contribution in [3.63, 3.8) is 0 Å². The normalized spacial score (nSPS) is 25.1. The number of aliphatic hydroxyl groups excluding tert-OH is 1. The lowest BCUT2D eigenvalue weighted by atomic mass is 9.93. The molecule has 15 heavy (non-hydrogen) atoms. The van der Waals surface area contributed by atoms with Crippen LogP contribution in [0.15, 0.2) is 12.1 Å².